The van der Waals surface area contributed by atoms with E-state index in [1.165, 1.54) is 16.2 Å². The molecule has 2 rings (SSSR count). The second kappa shape index (κ2) is 8.59. The monoisotopic (exact) mass is 370 g/mol. The van der Waals surface area contributed by atoms with Crippen LogP contribution in [0.2, 0.25) is 4.34 Å². The van der Waals surface area contributed by atoms with Crippen molar-refractivity contribution in [3.63, 3.8) is 0 Å². The van der Waals surface area contributed by atoms with E-state index in [9.17, 15) is 9.59 Å². The summed E-state index contributed by atoms with van der Waals surface area (Å²) in [6, 6.07) is 7.61. The molecule has 0 unspecified atom stereocenters. The summed E-state index contributed by atoms with van der Waals surface area (Å²) >= 11 is 8.73. The van der Waals surface area contributed by atoms with Crippen LogP contribution in [0.15, 0.2) is 29.6 Å². The summed E-state index contributed by atoms with van der Waals surface area (Å²) in [6.45, 7) is 0.533. The van der Waals surface area contributed by atoms with E-state index in [2.05, 4.69) is 16.3 Å². The third-order valence-corrected chi connectivity index (χ3v) is 5.66. The van der Waals surface area contributed by atoms with Gasteiger partial charge in [-0.25, -0.2) is 0 Å². The van der Waals surface area contributed by atoms with Crippen LogP contribution in [0.3, 0.4) is 0 Å². The Balaban J connectivity index is 1.79. The van der Waals surface area contributed by atoms with Gasteiger partial charge in [0.1, 0.15) is 0 Å². The van der Waals surface area contributed by atoms with Crippen molar-refractivity contribution in [1.29, 1.82) is 0 Å². The maximum absolute atomic E-state index is 12.0. The maximum atomic E-state index is 12.0. The van der Waals surface area contributed by atoms with Crippen LogP contribution in [0, 0.1) is 0 Å². The number of hydrogen-bond donors (Lipinski definition) is 1. The van der Waals surface area contributed by atoms with Crippen molar-refractivity contribution in [2.24, 2.45) is 0 Å². The smallest absolute Gasteiger partial charge is 0.220 e. The average Bonchev–Trinajstić information content (AvgIpc) is 3.16. The largest absolute Gasteiger partial charge is 0.354 e. The van der Waals surface area contributed by atoms with E-state index in [1.54, 1.807) is 23.5 Å². The molecule has 1 N–H and O–H groups in total. The molecule has 1 amide bonds. The number of ketones is 1. The van der Waals surface area contributed by atoms with E-state index in [0.717, 1.165) is 0 Å². The topological polar surface area (TPSA) is 49.4 Å². The Kier molecular flexibility index (Phi) is 6.77. The van der Waals surface area contributed by atoms with Gasteiger partial charge in [0.15, 0.2) is 5.78 Å². The highest BCUT2D eigenvalue weighted by Gasteiger charge is 2.17. The van der Waals surface area contributed by atoms with Crippen molar-refractivity contribution in [1.82, 2.24) is 10.2 Å². The minimum atomic E-state index is -0.107. The molecule has 0 saturated carbocycles. The van der Waals surface area contributed by atoms with E-state index in [4.69, 9.17) is 11.6 Å². The Morgan fingerprint density at radius 3 is 2.61 bits per heavy atom. The second-order valence-corrected chi connectivity index (χ2v) is 8.02. The molecule has 2 aromatic rings. The Hall–Kier alpha value is -1.21. The fourth-order valence-corrected chi connectivity index (χ4v) is 4.06. The highest BCUT2D eigenvalue weighted by atomic mass is 35.5. The van der Waals surface area contributed by atoms with Crippen molar-refractivity contribution in [3.8, 4) is 0 Å². The molecule has 0 bridgehead atoms. The maximum Gasteiger partial charge on any atom is 0.220 e. The number of carbonyl (C=O) groups is 2. The van der Waals surface area contributed by atoms with E-state index in [0.29, 0.717) is 15.8 Å². The van der Waals surface area contributed by atoms with Crippen LogP contribution in [-0.4, -0.2) is 37.2 Å². The van der Waals surface area contributed by atoms with Gasteiger partial charge in [-0.15, -0.1) is 22.7 Å². The quantitative estimate of drug-likeness (QED) is 0.718. The lowest BCUT2D eigenvalue weighted by molar-refractivity contribution is -0.121. The van der Waals surface area contributed by atoms with Crippen LogP contribution in [0.5, 0.6) is 0 Å². The molecule has 0 aliphatic carbocycles. The van der Waals surface area contributed by atoms with Crippen molar-refractivity contribution in [2.45, 2.75) is 18.9 Å². The molecule has 124 valence electrons. The van der Waals surface area contributed by atoms with Crippen LogP contribution >= 0.6 is 34.3 Å². The lowest BCUT2D eigenvalue weighted by Crippen LogP contribution is -2.34. The van der Waals surface area contributed by atoms with Crippen molar-refractivity contribution < 1.29 is 9.59 Å². The van der Waals surface area contributed by atoms with Gasteiger partial charge in [0, 0.05) is 24.3 Å². The van der Waals surface area contributed by atoms with E-state index < -0.39 is 0 Å². The summed E-state index contributed by atoms with van der Waals surface area (Å²) in [6.07, 6.45) is 0.396. The van der Waals surface area contributed by atoms with Gasteiger partial charge in [0.05, 0.1) is 15.3 Å². The van der Waals surface area contributed by atoms with Gasteiger partial charge in [-0.3, -0.25) is 9.59 Å². The number of carbonyl (C=O) groups excluding carboxylic acids is 2. The van der Waals surface area contributed by atoms with Gasteiger partial charge < -0.3 is 10.2 Å². The summed E-state index contributed by atoms with van der Waals surface area (Å²) in [7, 11) is 3.97. The number of nitrogens with one attached hydrogen (secondary N) is 1. The summed E-state index contributed by atoms with van der Waals surface area (Å²) < 4.78 is 0.586. The third kappa shape index (κ3) is 5.42. The predicted octanol–water partition coefficient (Wildman–Crippen LogP) is 3.85. The van der Waals surface area contributed by atoms with E-state index in [1.807, 2.05) is 25.5 Å². The van der Waals surface area contributed by atoms with Crippen molar-refractivity contribution in [2.75, 3.05) is 20.6 Å². The highest BCUT2D eigenvalue weighted by Crippen LogP contribution is 2.23. The number of nitrogens with zero attached hydrogens (tertiary/aromatic N) is 1. The molecular formula is C16H19ClN2O2S2. The Morgan fingerprint density at radius 1 is 1.26 bits per heavy atom. The minimum Gasteiger partial charge on any atom is -0.354 e. The molecule has 1 atom stereocenters. The van der Waals surface area contributed by atoms with Gasteiger partial charge in [0.25, 0.3) is 0 Å². The van der Waals surface area contributed by atoms with Crippen LogP contribution in [0.4, 0.5) is 0 Å². The summed E-state index contributed by atoms with van der Waals surface area (Å²) in [4.78, 5) is 27.8. The molecular weight excluding hydrogens is 352 g/mol. The molecule has 0 aliphatic rings. The molecule has 2 heterocycles. The first-order valence-electron chi connectivity index (χ1n) is 7.22. The number of amides is 1. The normalized spacial score (nSPS) is 12.3. The van der Waals surface area contributed by atoms with Crippen LogP contribution < -0.4 is 5.32 Å². The Labute approximate surface area is 149 Å². The van der Waals surface area contributed by atoms with Gasteiger partial charge >= 0.3 is 0 Å². The van der Waals surface area contributed by atoms with Crippen molar-refractivity contribution in [3.05, 3.63) is 43.7 Å². The number of hydrogen-bond acceptors (Lipinski definition) is 5. The molecule has 0 spiro atoms. The molecule has 0 radical (unpaired) electrons. The summed E-state index contributed by atoms with van der Waals surface area (Å²) in [5, 5.41) is 4.94. The molecule has 0 saturated heterocycles. The number of likely N-dealkylation sites (N-methyl/N-ethyl adjacent to an activating group) is 1. The minimum absolute atomic E-state index is 0.0422. The first-order valence-corrected chi connectivity index (χ1v) is 9.30. The average molecular weight is 371 g/mol. The molecule has 4 nitrogen and oxygen atoms in total. The first kappa shape index (κ1) is 18.1. The highest BCUT2D eigenvalue weighted by molar-refractivity contribution is 7.18. The zero-order chi connectivity index (χ0) is 16.8. The molecule has 0 fully saturated rings. The fourth-order valence-electron chi connectivity index (χ4n) is 2.13. The standard InChI is InChI=1S/C16H19ClN2O2S2/c1-19(2)11(13-4-3-9-22-13)10-18-16(21)8-5-12(20)14-6-7-15(17)23-14/h3-4,6-7,9,11H,5,8,10H2,1-2H3,(H,18,21)/t11-/m1/s1. The fraction of sp³-hybridized carbons (Fsp3) is 0.375. The van der Waals surface area contributed by atoms with Gasteiger partial charge in [-0.1, -0.05) is 17.7 Å². The number of thiophene rings is 2. The van der Waals surface area contributed by atoms with Gasteiger partial charge in [0.2, 0.25) is 5.91 Å². The molecule has 2 aromatic heterocycles. The molecule has 0 aromatic carbocycles. The third-order valence-electron chi connectivity index (χ3n) is 3.41. The SMILES string of the molecule is CN(C)[C@H](CNC(=O)CCC(=O)c1ccc(Cl)s1)c1cccs1. The van der Waals surface area contributed by atoms with Gasteiger partial charge in [-0.2, -0.15) is 0 Å². The summed E-state index contributed by atoms with van der Waals surface area (Å²) in [5.41, 5.74) is 0. The Bertz CT molecular complexity index is 653. The lowest BCUT2D eigenvalue weighted by Gasteiger charge is -2.23. The zero-order valence-corrected chi connectivity index (χ0v) is 15.4. The van der Waals surface area contributed by atoms with E-state index in [-0.39, 0.29) is 30.6 Å². The Morgan fingerprint density at radius 2 is 2.04 bits per heavy atom. The van der Waals surface area contributed by atoms with Crippen LogP contribution in [0.1, 0.15) is 33.4 Å². The van der Waals surface area contributed by atoms with Crippen LogP contribution in [0.25, 0.3) is 0 Å². The number of Topliss-reactive ketones (excluding diaryl/α,β-unsaturated/α-hetero) is 1. The number of halogens is 1. The predicted molar refractivity (Wildman–Crippen MR) is 96.7 cm³/mol. The second-order valence-electron chi connectivity index (χ2n) is 5.33. The number of rotatable bonds is 8. The molecule has 23 heavy (non-hydrogen) atoms. The first-order chi connectivity index (χ1) is 11.0. The summed E-state index contributed by atoms with van der Waals surface area (Å²) in [5.74, 6) is -0.149. The zero-order valence-electron chi connectivity index (χ0n) is 13.0. The van der Waals surface area contributed by atoms with Gasteiger partial charge in [-0.05, 0) is 37.7 Å². The molecule has 7 heteroatoms. The van der Waals surface area contributed by atoms with E-state index >= 15 is 0 Å². The molecule has 0 aliphatic heterocycles. The lowest BCUT2D eigenvalue weighted by atomic mass is 10.1. The van der Waals surface area contributed by atoms with Crippen molar-refractivity contribution >= 4 is 46.0 Å². The van der Waals surface area contributed by atoms with Crippen LogP contribution in [-0.2, 0) is 4.79 Å².